The number of carbonyl (C=O) groups excluding carboxylic acids is 2. The Bertz CT molecular complexity index is 865. The minimum absolute atomic E-state index is 0.253. The number of carbonyl (C=O) groups is 2. The minimum atomic E-state index is -0.377. The van der Waals surface area contributed by atoms with Crippen molar-refractivity contribution in [3.8, 4) is 11.5 Å². The first kappa shape index (κ1) is 18.6. The summed E-state index contributed by atoms with van der Waals surface area (Å²) in [5.41, 5.74) is 2.94. The number of ether oxygens (including phenoxy) is 3. The van der Waals surface area contributed by atoms with Crippen LogP contribution in [0.1, 0.15) is 22.3 Å². The molecule has 2 aromatic carbocycles. The van der Waals surface area contributed by atoms with Gasteiger partial charge in [-0.3, -0.25) is 9.69 Å². The first-order valence-corrected chi connectivity index (χ1v) is 8.59. The Hall–Kier alpha value is -3.22. The molecule has 0 saturated heterocycles. The lowest BCUT2D eigenvalue weighted by atomic mass is 10.0. The molecule has 27 heavy (non-hydrogen) atoms. The minimum Gasteiger partial charge on any atom is -0.493 e. The number of anilines is 2. The number of nitrogens with one attached hydrogen (secondary N) is 1. The first-order valence-electron chi connectivity index (χ1n) is 8.59. The largest absolute Gasteiger partial charge is 0.493 e. The Morgan fingerprint density at radius 1 is 1.00 bits per heavy atom. The molecule has 1 aliphatic rings. The highest BCUT2D eigenvalue weighted by molar-refractivity contribution is 6.05. The van der Waals surface area contributed by atoms with Gasteiger partial charge in [-0.1, -0.05) is 0 Å². The summed E-state index contributed by atoms with van der Waals surface area (Å²) >= 11 is 0. The summed E-state index contributed by atoms with van der Waals surface area (Å²) in [5.74, 6) is 0.798. The molecule has 142 valence electrons. The molecule has 2 amide bonds. The molecule has 1 heterocycles. The van der Waals surface area contributed by atoms with E-state index in [1.807, 2.05) is 12.1 Å². The Kier molecular flexibility index (Phi) is 5.49. The van der Waals surface area contributed by atoms with Gasteiger partial charge in [0.25, 0.3) is 5.91 Å². The summed E-state index contributed by atoms with van der Waals surface area (Å²) in [4.78, 5) is 26.1. The third kappa shape index (κ3) is 3.81. The van der Waals surface area contributed by atoms with Crippen molar-refractivity contribution in [1.82, 2.24) is 0 Å². The number of amides is 2. The Morgan fingerprint density at radius 2 is 1.78 bits per heavy atom. The second-order valence-electron chi connectivity index (χ2n) is 6.09. The molecule has 0 radical (unpaired) electrons. The van der Waals surface area contributed by atoms with E-state index in [0.717, 1.165) is 24.1 Å². The lowest BCUT2D eigenvalue weighted by Gasteiger charge is -2.28. The van der Waals surface area contributed by atoms with E-state index in [1.165, 1.54) is 14.2 Å². The van der Waals surface area contributed by atoms with E-state index < -0.39 is 0 Å². The molecule has 1 N–H and O–H groups in total. The average molecular weight is 370 g/mol. The van der Waals surface area contributed by atoms with Crippen LogP contribution in [0.4, 0.5) is 16.2 Å². The molecule has 0 unspecified atom stereocenters. The summed E-state index contributed by atoms with van der Waals surface area (Å²) in [6, 6.07) is 10.5. The molecular formula is C20H22N2O5. The molecule has 7 nitrogen and oxygen atoms in total. The van der Waals surface area contributed by atoms with Gasteiger partial charge in [0.05, 0.1) is 27.0 Å². The van der Waals surface area contributed by atoms with E-state index in [0.29, 0.717) is 29.3 Å². The number of hydrogen-bond donors (Lipinski definition) is 1. The monoisotopic (exact) mass is 370 g/mol. The van der Waals surface area contributed by atoms with Crippen LogP contribution in [0.25, 0.3) is 0 Å². The highest BCUT2D eigenvalue weighted by Crippen LogP contribution is 2.31. The van der Waals surface area contributed by atoms with Gasteiger partial charge in [-0.2, -0.15) is 0 Å². The highest BCUT2D eigenvalue weighted by Gasteiger charge is 2.23. The van der Waals surface area contributed by atoms with E-state index in [2.05, 4.69) is 5.32 Å². The second-order valence-corrected chi connectivity index (χ2v) is 6.09. The van der Waals surface area contributed by atoms with Crippen LogP contribution in [-0.2, 0) is 11.2 Å². The third-order valence-corrected chi connectivity index (χ3v) is 4.50. The van der Waals surface area contributed by atoms with E-state index in [1.54, 1.807) is 36.3 Å². The molecule has 0 spiro atoms. The smallest absolute Gasteiger partial charge is 0.414 e. The van der Waals surface area contributed by atoms with E-state index in [9.17, 15) is 9.59 Å². The maximum atomic E-state index is 12.6. The number of nitrogens with zero attached hydrogens (tertiary/aromatic N) is 1. The summed E-state index contributed by atoms with van der Waals surface area (Å²) < 4.78 is 15.3. The molecule has 0 atom stereocenters. The van der Waals surface area contributed by atoms with Crippen molar-refractivity contribution in [2.24, 2.45) is 0 Å². The summed E-state index contributed by atoms with van der Waals surface area (Å²) in [5, 5.41) is 2.89. The highest BCUT2D eigenvalue weighted by atomic mass is 16.5. The predicted octanol–water partition coefficient (Wildman–Crippen LogP) is 3.48. The van der Waals surface area contributed by atoms with Crippen molar-refractivity contribution in [3.63, 3.8) is 0 Å². The molecule has 2 aromatic rings. The molecule has 0 aliphatic carbocycles. The van der Waals surface area contributed by atoms with Crippen LogP contribution in [0, 0.1) is 0 Å². The number of fused-ring (bicyclic) bond motifs is 1. The van der Waals surface area contributed by atoms with Crippen LogP contribution in [0.3, 0.4) is 0 Å². The van der Waals surface area contributed by atoms with Gasteiger partial charge in [0.2, 0.25) is 0 Å². The molecule has 0 saturated carbocycles. The molecule has 0 fully saturated rings. The number of rotatable bonds is 4. The van der Waals surface area contributed by atoms with Crippen molar-refractivity contribution in [2.75, 3.05) is 38.1 Å². The predicted molar refractivity (Wildman–Crippen MR) is 102 cm³/mol. The zero-order valence-electron chi connectivity index (χ0n) is 15.6. The second kappa shape index (κ2) is 7.99. The number of benzene rings is 2. The topological polar surface area (TPSA) is 77.1 Å². The van der Waals surface area contributed by atoms with Crippen LogP contribution in [0.2, 0.25) is 0 Å². The van der Waals surface area contributed by atoms with Crippen molar-refractivity contribution in [2.45, 2.75) is 12.8 Å². The van der Waals surface area contributed by atoms with Crippen LogP contribution >= 0.6 is 0 Å². The van der Waals surface area contributed by atoms with E-state index in [4.69, 9.17) is 14.2 Å². The molecule has 3 rings (SSSR count). The fourth-order valence-corrected chi connectivity index (χ4v) is 3.16. The molecule has 0 bridgehead atoms. The number of methoxy groups -OCH3 is 3. The van der Waals surface area contributed by atoms with Gasteiger partial charge in [0.15, 0.2) is 11.5 Å². The molecule has 1 aliphatic heterocycles. The van der Waals surface area contributed by atoms with E-state index >= 15 is 0 Å². The van der Waals surface area contributed by atoms with Gasteiger partial charge >= 0.3 is 6.09 Å². The van der Waals surface area contributed by atoms with Crippen molar-refractivity contribution in [1.29, 1.82) is 0 Å². The zero-order chi connectivity index (χ0) is 19.4. The molecule has 0 aromatic heterocycles. The van der Waals surface area contributed by atoms with Gasteiger partial charge in [-0.25, -0.2) is 4.79 Å². The molecular weight excluding hydrogens is 348 g/mol. The van der Waals surface area contributed by atoms with E-state index in [-0.39, 0.29) is 12.0 Å². The third-order valence-electron chi connectivity index (χ3n) is 4.50. The zero-order valence-corrected chi connectivity index (χ0v) is 15.6. The Balaban J connectivity index is 1.80. The first-order chi connectivity index (χ1) is 13.1. The maximum Gasteiger partial charge on any atom is 0.414 e. The van der Waals surface area contributed by atoms with Crippen LogP contribution in [-0.4, -0.2) is 39.9 Å². The van der Waals surface area contributed by atoms with Gasteiger partial charge < -0.3 is 19.5 Å². The van der Waals surface area contributed by atoms with Gasteiger partial charge in [0.1, 0.15) is 0 Å². The summed E-state index contributed by atoms with van der Waals surface area (Å²) in [6.45, 7) is 0.622. The fraction of sp³-hybridized carbons (Fsp3) is 0.300. The average Bonchev–Trinajstić information content (AvgIpc) is 2.71. The van der Waals surface area contributed by atoms with Crippen LogP contribution in [0.5, 0.6) is 11.5 Å². The van der Waals surface area contributed by atoms with Gasteiger partial charge in [-0.15, -0.1) is 0 Å². The summed E-state index contributed by atoms with van der Waals surface area (Å²) in [7, 11) is 4.44. The Morgan fingerprint density at radius 3 is 2.48 bits per heavy atom. The molecule has 7 heteroatoms. The van der Waals surface area contributed by atoms with Crippen molar-refractivity contribution in [3.05, 3.63) is 47.5 Å². The quantitative estimate of drug-likeness (QED) is 0.892. The van der Waals surface area contributed by atoms with Crippen LogP contribution in [0.15, 0.2) is 36.4 Å². The number of hydrogen-bond acceptors (Lipinski definition) is 5. The van der Waals surface area contributed by atoms with Gasteiger partial charge in [0, 0.05) is 17.8 Å². The van der Waals surface area contributed by atoms with Gasteiger partial charge in [-0.05, 0) is 54.8 Å². The van der Waals surface area contributed by atoms with Crippen molar-refractivity contribution >= 4 is 23.4 Å². The standard InChI is InChI=1S/C20H22N2O5/c1-25-17-9-6-14(12-18(17)26-2)19(23)21-15-7-8-16-13(11-15)5-4-10-22(16)20(24)27-3/h6-9,11-12H,4-5,10H2,1-3H3,(H,21,23). The lowest BCUT2D eigenvalue weighted by Crippen LogP contribution is -2.35. The normalized spacial score (nSPS) is 12.8. The van der Waals surface area contributed by atoms with Crippen molar-refractivity contribution < 1.29 is 23.8 Å². The maximum absolute atomic E-state index is 12.6. The SMILES string of the molecule is COC(=O)N1CCCc2cc(NC(=O)c3ccc(OC)c(OC)c3)ccc21. The number of aryl methyl sites for hydroxylation is 1. The Labute approximate surface area is 157 Å². The lowest BCUT2D eigenvalue weighted by molar-refractivity contribution is 0.102. The summed E-state index contributed by atoms with van der Waals surface area (Å²) in [6.07, 6.45) is 1.30. The fourth-order valence-electron chi connectivity index (χ4n) is 3.16. The van der Waals surface area contributed by atoms with Crippen LogP contribution < -0.4 is 19.7 Å².